The van der Waals surface area contributed by atoms with E-state index in [1.807, 2.05) is 75.5 Å². The molecule has 164 valence electrons. The number of aromatic amines is 1. The minimum Gasteiger partial charge on any atom is -0.444 e. The van der Waals surface area contributed by atoms with Gasteiger partial charge in [0.2, 0.25) is 0 Å². The molecule has 4 aromatic rings. The first-order chi connectivity index (χ1) is 15.2. The number of aryl methyl sites for hydroxylation is 1. The van der Waals surface area contributed by atoms with E-state index in [1.165, 1.54) is 0 Å². The largest absolute Gasteiger partial charge is 0.444 e. The van der Waals surface area contributed by atoms with Crippen molar-refractivity contribution < 1.29 is 14.3 Å². The summed E-state index contributed by atoms with van der Waals surface area (Å²) in [6, 6.07) is 15.2. The summed E-state index contributed by atoms with van der Waals surface area (Å²) < 4.78 is 5.40. The quantitative estimate of drug-likeness (QED) is 0.348. The fourth-order valence-corrected chi connectivity index (χ4v) is 4.18. The third-order valence-corrected chi connectivity index (χ3v) is 5.74. The molecular weight excluding hydrogens is 422 g/mol. The number of hydrogen-bond donors (Lipinski definition) is 2. The Balaban J connectivity index is 1.64. The number of nitrogens with zero attached hydrogens (tertiary/aromatic N) is 1. The number of aromatic nitrogens is 2. The lowest BCUT2D eigenvalue weighted by Gasteiger charge is -2.20. The van der Waals surface area contributed by atoms with Crippen molar-refractivity contribution in [1.82, 2.24) is 9.97 Å². The highest BCUT2D eigenvalue weighted by molar-refractivity contribution is 7.13. The van der Waals surface area contributed by atoms with Crippen molar-refractivity contribution in [2.45, 2.75) is 39.7 Å². The Morgan fingerprint density at radius 3 is 2.66 bits per heavy atom. The summed E-state index contributed by atoms with van der Waals surface area (Å²) in [5, 5.41) is 4.81. The number of benzene rings is 2. The molecule has 0 radical (unpaired) electrons. The van der Waals surface area contributed by atoms with Gasteiger partial charge in [0.25, 0.3) is 0 Å². The SMILES string of the molecule is Cc1nc2ccc(C(=O)Cc3cc(-c4cccs4)ccc3NC(=O)OC(C)(C)C)cc2[nH]1. The Kier molecular flexibility index (Phi) is 5.84. The molecule has 0 saturated heterocycles. The minimum absolute atomic E-state index is 0.0466. The van der Waals surface area contributed by atoms with Gasteiger partial charge in [-0.25, -0.2) is 9.78 Å². The Hall–Kier alpha value is -3.45. The standard InChI is InChI=1S/C25H25N3O3S/c1-15-26-20-10-7-16(13-21(20)27-15)22(29)14-18-12-17(23-6-5-11-32-23)8-9-19(18)28-24(30)31-25(2,3)4/h5-13H,14H2,1-4H3,(H,26,27)(H,28,30). The number of ether oxygens (including phenoxy) is 1. The van der Waals surface area contributed by atoms with E-state index < -0.39 is 11.7 Å². The molecule has 2 aromatic carbocycles. The minimum atomic E-state index is -0.616. The number of ketones is 1. The molecule has 0 fully saturated rings. The molecule has 0 spiro atoms. The van der Waals surface area contributed by atoms with E-state index in [1.54, 1.807) is 17.4 Å². The molecule has 6 nitrogen and oxygen atoms in total. The summed E-state index contributed by atoms with van der Waals surface area (Å²) >= 11 is 1.62. The number of H-pyrrole nitrogens is 1. The van der Waals surface area contributed by atoms with Crippen LogP contribution in [0.3, 0.4) is 0 Å². The highest BCUT2D eigenvalue weighted by Crippen LogP contribution is 2.30. The first-order valence-electron chi connectivity index (χ1n) is 10.3. The summed E-state index contributed by atoms with van der Waals surface area (Å²) in [4.78, 5) is 34.2. The van der Waals surface area contributed by atoms with Crippen LogP contribution in [0, 0.1) is 6.92 Å². The molecule has 0 bridgehead atoms. The Morgan fingerprint density at radius 2 is 1.94 bits per heavy atom. The molecule has 2 aromatic heterocycles. The Labute approximate surface area is 190 Å². The van der Waals surface area contributed by atoms with Gasteiger partial charge < -0.3 is 9.72 Å². The second kappa shape index (κ2) is 8.59. The van der Waals surface area contributed by atoms with Gasteiger partial charge in [-0.15, -0.1) is 11.3 Å². The monoisotopic (exact) mass is 447 g/mol. The van der Waals surface area contributed by atoms with Crippen molar-refractivity contribution in [3.05, 3.63) is 70.9 Å². The molecule has 32 heavy (non-hydrogen) atoms. The van der Waals surface area contributed by atoms with E-state index in [4.69, 9.17) is 4.74 Å². The van der Waals surface area contributed by atoms with Crippen LogP contribution in [0.2, 0.25) is 0 Å². The summed E-state index contributed by atoms with van der Waals surface area (Å²) in [6.45, 7) is 7.31. The second-order valence-electron chi connectivity index (χ2n) is 8.63. The van der Waals surface area contributed by atoms with Crippen LogP contribution in [0.5, 0.6) is 0 Å². The third kappa shape index (κ3) is 5.06. The predicted molar refractivity (Wildman–Crippen MR) is 128 cm³/mol. The van der Waals surface area contributed by atoms with Crippen molar-refractivity contribution >= 4 is 39.9 Å². The summed E-state index contributed by atoms with van der Waals surface area (Å²) in [5.41, 5.74) is 3.91. The number of amides is 1. The number of Topliss-reactive ketones (excluding diaryl/α,β-unsaturated/α-hetero) is 1. The highest BCUT2D eigenvalue weighted by Gasteiger charge is 2.19. The van der Waals surface area contributed by atoms with Crippen LogP contribution >= 0.6 is 11.3 Å². The molecule has 0 unspecified atom stereocenters. The molecule has 0 atom stereocenters. The van der Waals surface area contributed by atoms with Gasteiger partial charge >= 0.3 is 6.09 Å². The smallest absolute Gasteiger partial charge is 0.412 e. The number of hydrogen-bond acceptors (Lipinski definition) is 5. The van der Waals surface area contributed by atoms with E-state index in [0.29, 0.717) is 11.3 Å². The molecule has 7 heteroatoms. The summed E-state index contributed by atoms with van der Waals surface area (Å²) in [5.74, 6) is 0.756. The van der Waals surface area contributed by atoms with Crippen LogP contribution in [0.1, 0.15) is 42.5 Å². The molecule has 1 amide bonds. The zero-order valence-electron chi connectivity index (χ0n) is 18.5. The average molecular weight is 448 g/mol. The Bertz CT molecular complexity index is 1280. The van der Waals surface area contributed by atoms with Crippen LogP contribution in [-0.2, 0) is 11.2 Å². The predicted octanol–water partition coefficient (Wildman–Crippen LogP) is 6.37. The molecule has 0 aliphatic heterocycles. The van der Waals surface area contributed by atoms with Crippen LogP contribution in [0.25, 0.3) is 21.5 Å². The number of anilines is 1. The first kappa shape index (κ1) is 21.8. The number of carbonyl (C=O) groups is 2. The molecular formula is C25H25N3O3S. The fourth-order valence-electron chi connectivity index (χ4n) is 3.46. The molecule has 0 aliphatic carbocycles. The van der Waals surface area contributed by atoms with Crippen LogP contribution in [-0.4, -0.2) is 27.4 Å². The van der Waals surface area contributed by atoms with Crippen molar-refractivity contribution in [1.29, 1.82) is 0 Å². The lowest BCUT2D eigenvalue weighted by Crippen LogP contribution is -2.27. The van der Waals surface area contributed by atoms with Crippen molar-refractivity contribution in [2.24, 2.45) is 0 Å². The normalized spacial score (nSPS) is 11.5. The lowest BCUT2D eigenvalue weighted by atomic mass is 9.99. The zero-order valence-corrected chi connectivity index (χ0v) is 19.3. The number of imidazole rings is 1. The number of carbonyl (C=O) groups excluding carboxylic acids is 2. The number of rotatable bonds is 5. The maximum atomic E-state index is 13.2. The average Bonchev–Trinajstić information content (AvgIpc) is 3.36. The van der Waals surface area contributed by atoms with Crippen molar-refractivity contribution in [3.63, 3.8) is 0 Å². The third-order valence-electron chi connectivity index (χ3n) is 4.82. The van der Waals surface area contributed by atoms with E-state index in [-0.39, 0.29) is 12.2 Å². The van der Waals surface area contributed by atoms with Gasteiger partial charge in [-0.05, 0) is 80.6 Å². The molecule has 0 aliphatic rings. The van der Waals surface area contributed by atoms with Gasteiger partial charge in [0.15, 0.2) is 5.78 Å². The topological polar surface area (TPSA) is 84.1 Å². The lowest BCUT2D eigenvalue weighted by molar-refractivity contribution is 0.0635. The number of thiophene rings is 1. The van der Waals surface area contributed by atoms with Gasteiger partial charge in [-0.1, -0.05) is 12.1 Å². The van der Waals surface area contributed by atoms with E-state index in [0.717, 1.165) is 32.9 Å². The molecule has 4 rings (SSSR count). The number of fused-ring (bicyclic) bond motifs is 1. The van der Waals surface area contributed by atoms with E-state index >= 15 is 0 Å². The van der Waals surface area contributed by atoms with Gasteiger partial charge in [0.05, 0.1) is 11.0 Å². The van der Waals surface area contributed by atoms with Gasteiger partial charge in [-0.2, -0.15) is 0 Å². The zero-order chi connectivity index (χ0) is 22.9. The summed E-state index contributed by atoms with van der Waals surface area (Å²) in [7, 11) is 0. The van der Waals surface area contributed by atoms with Gasteiger partial charge in [0.1, 0.15) is 11.4 Å². The first-order valence-corrected chi connectivity index (χ1v) is 11.2. The maximum Gasteiger partial charge on any atom is 0.412 e. The van der Waals surface area contributed by atoms with Crippen LogP contribution in [0.15, 0.2) is 53.9 Å². The number of nitrogens with one attached hydrogen (secondary N) is 2. The fraction of sp³-hybridized carbons (Fsp3) is 0.240. The van der Waals surface area contributed by atoms with E-state index in [2.05, 4.69) is 15.3 Å². The van der Waals surface area contributed by atoms with Crippen LogP contribution < -0.4 is 5.32 Å². The highest BCUT2D eigenvalue weighted by atomic mass is 32.1. The van der Waals surface area contributed by atoms with Gasteiger partial charge in [-0.3, -0.25) is 10.1 Å². The van der Waals surface area contributed by atoms with Gasteiger partial charge in [0, 0.05) is 22.5 Å². The maximum absolute atomic E-state index is 13.2. The molecule has 2 heterocycles. The summed E-state index contributed by atoms with van der Waals surface area (Å²) in [6.07, 6.45) is -0.410. The van der Waals surface area contributed by atoms with Crippen molar-refractivity contribution in [2.75, 3.05) is 5.32 Å². The van der Waals surface area contributed by atoms with E-state index in [9.17, 15) is 9.59 Å². The molecule has 2 N–H and O–H groups in total. The second-order valence-corrected chi connectivity index (χ2v) is 9.58. The van der Waals surface area contributed by atoms with Crippen molar-refractivity contribution in [3.8, 4) is 10.4 Å². The van der Waals surface area contributed by atoms with Crippen LogP contribution in [0.4, 0.5) is 10.5 Å². The Morgan fingerprint density at radius 1 is 1.12 bits per heavy atom. The molecule has 0 saturated carbocycles.